The van der Waals surface area contributed by atoms with Crippen molar-refractivity contribution >= 4 is 11.8 Å². The number of halogens is 7. The van der Waals surface area contributed by atoms with Crippen molar-refractivity contribution in [2.75, 3.05) is 13.6 Å². The van der Waals surface area contributed by atoms with E-state index in [9.17, 15) is 40.3 Å². The summed E-state index contributed by atoms with van der Waals surface area (Å²) in [5, 5.41) is 2.52. The van der Waals surface area contributed by atoms with Gasteiger partial charge < -0.3 is 15.0 Å². The fourth-order valence-corrected chi connectivity index (χ4v) is 5.36. The molecule has 2 heterocycles. The van der Waals surface area contributed by atoms with Crippen LogP contribution in [0.3, 0.4) is 0 Å². The molecular weight excluding hydrogens is 521 g/mol. The van der Waals surface area contributed by atoms with Gasteiger partial charge in [-0.2, -0.15) is 26.3 Å². The Morgan fingerprint density at radius 1 is 1.03 bits per heavy atom. The molecule has 2 aromatic rings. The fraction of sp³-hybridized carbons (Fsp3) is 0.462. The van der Waals surface area contributed by atoms with Crippen LogP contribution in [0.5, 0.6) is 0 Å². The summed E-state index contributed by atoms with van der Waals surface area (Å²) >= 11 is 0. The van der Waals surface area contributed by atoms with Gasteiger partial charge in [0.15, 0.2) is 0 Å². The van der Waals surface area contributed by atoms with Crippen LogP contribution in [0.15, 0.2) is 42.5 Å². The summed E-state index contributed by atoms with van der Waals surface area (Å²) in [5.41, 5.74) is -2.67. The maximum absolute atomic E-state index is 13.6. The van der Waals surface area contributed by atoms with Gasteiger partial charge in [0.25, 0.3) is 0 Å². The molecule has 2 unspecified atom stereocenters. The number of fused-ring (bicyclic) bond motifs is 1. The molecule has 12 heteroatoms. The fourth-order valence-electron chi connectivity index (χ4n) is 5.36. The van der Waals surface area contributed by atoms with Gasteiger partial charge in [-0.25, -0.2) is 4.39 Å². The number of hydrogen-bond acceptors (Lipinski definition) is 3. The average molecular weight is 546 g/mol. The Morgan fingerprint density at radius 2 is 1.61 bits per heavy atom. The quantitative estimate of drug-likeness (QED) is 0.507. The van der Waals surface area contributed by atoms with Crippen molar-refractivity contribution in [2.24, 2.45) is 5.92 Å². The summed E-state index contributed by atoms with van der Waals surface area (Å²) < 4.78 is 100.0. The highest BCUT2D eigenvalue weighted by molar-refractivity contribution is 5.87. The lowest BCUT2D eigenvalue weighted by Gasteiger charge is -2.36. The minimum absolute atomic E-state index is 0.0153. The van der Waals surface area contributed by atoms with Crippen LogP contribution >= 0.6 is 0 Å². The minimum Gasteiger partial charge on any atom is -0.368 e. The summed E-state index contributed by atoms with van der Waals surface area (Å²) in [6, 6.07) is 6.14. The van der Waals surface area contributed by atoms with Crippen LogP contribution in [0.1, 0.15) is 54.0 Å². The molecule has 38 heavy (non-hydrogen) atoms. The second-order valence-corrected chi connectivity index (χ2v) is 9.60. The van der Waals surface area contributed by atoms with E-state index in [0.717, 1.165) is 0 Å². The topological polar surface area (TPSA) is 58.6 Å². The van der Waals surface area contributed by atoms with Crippen LogP contribution in [0.4, 0.5) is 30.7 Å². The third-order valence-corrected chi connectivity index (χ3v) is 7.19. The number of amides is 2. The minimum atomic E-state index is -5.01. The smallest absolute Gasteiger partial charge is 0.368 e. The van der Waals surface area contributed by atoms with Crippen LogP contribution in [-0.4, -0.2) is 42.5 Å². The summed E-state index contributed by atoms with van der Waals surface area (Å²) in [4.78, 5) is 26.8. The molecule has 0 radical (unpaired) electrons. The van der Waals surface area contributed by atoms with Gasteiger partial charge in [0, 0.05) is 37.9 Å². The normalized spacial score (nSPS) is 24.8. The van der Waals surface area contributed by atoms with Gasteiger partial charge in [-0.15, -0.1) is 0 Å². The number of nitrogens with one attached hydrogen (secondary N) is 1. The Kier molecular flexibility index (Phi) is 7.48. The molecule has 0 saturated carbocycles. The van der Waals surface area contributed by atoms with E-state index >= 15 is 0 Å². The van der Waals surface area contributed by atoms with E-state index in [4.69, 9.17) is 4.74 Å². The van der Waals surface area contributed by atoms with Crippen LogP contribution in [-0.2, 0) is 26.7 Å². The predicted molar refractivity (Wildman–Crippen MR) is 121 cm³/mol. The summed E-state index contributed by atoms with van der Waals surface area (Å²) in [5.74, 6) is -2.37. The zero-order valence-corrected chi connectivity index (χ0v) is 20.4. The molecule has 0 bridgehead atoms. The van der Waals surface area contributed by atoms with Crippen molar-refractivity contribution in [3.63, 3.8) is 0 Å². The maximum Gasteiger partial charge on any atom is 0.416 e. The van der Waals surface area contributed by atoms with Gasteiger partial charge in [-0.1, -0.05) is 12.1 Å². The Balaban J connectivity index is 1.69. The Hall–Kier alpha value is -3.15. The lowest BCUT2D eigenvalue weighted by atomic mass is 9.81. The Morgan fingerprint density at radius 3 is 2.13 bits per heavy atom. The average Bonchev–Trinajstić information content (AvgIpc) is 3.21. The van der Waals surface area contributed by atoms with E-state index < -0.39 is 59.4 Å². The van der Waals surface area contributed by atoms with E-state index in [-0.39, 0.29) is 42.8 Å². The van der Waals surface area contributed by atoms with E-state index in [0.29, 0.717) is 17.7 Å². The molecule has 2 aliphatic heterocycles. The molecule has 5 atom stereocenters. The third-order valence-electron chi connectivity index (χ3n) is 7.19. The summed E-state index contributed by atoms with van der Waals surface area (Å²) in [7, 11) is 1.45. The number of piperidine rings is 1. The molecule has 2 amide bonds. The maximum atomic E-state index is 13.6. The van der Waals surface area contributed by atoms with Crippen molar-refractivity contribution in [3.8, 4) is 0 Å². The van der Waals surface area contributed by atoms with Crippen LogP contribution in [0.25, 0.3) is 0 Å². The zero-order chi connectivity index (χ0) is 28.0. The molecular formula is C26H25F7N2O3. The highest BCUT2D eigenvalue weighted by Gasteiger charge is 2.50. The lowest BCUT2D eigenvalue weighted by Crippen LogP contribution is -2.47. The molecule has 1 N–H and O–H groups in total. The highest BCUT2D eigenvalue weighted by atomic mass is 19.4. The van der Waals surface area contributed by atoms with E-state index in [1.54, 1.807) is 0 Å². The molecule has 2 saturated heterocycles. The number of carbonyl (C=O) groups excluding carboxylic acids is 2. The van der Waals surface area contributed by atoms with E-state index in [1.807, 2.05) is 0 Å². The molecule has 0 aromatic heterocycles. The largest absolute Gasteiger partial charge is 0.416 e. The standard InChI is InChI=1S/C26H25F7N2O3/c1-13(15-7-17(25(28,29)30)11-18(8-15)26(31,32)33)38-21-12-35-20(9-16(10-22(35)36)24(37)34-2)23(21)14-3-5-19(27)6-4-14/h3-8,11,13,16,20-21,23H,9-10,12H2,1-2H3,(H,34,37)/t13-,16?,20?,21+,23+/m1/s1. The van der Waals surface area contributed by atoms with Gasteiger partial charge in [-0.05, 0) is 54.8 Å². The predicted octanol–water partition coefficient (Wildman–Crippen LogP) is 5.46. The zero-order valence-electron chi connectivity index (χ0n) is 20.4. The van der Waals surface area contributed by atoms with Gasteiger partial charge in [0.05, 0.1) is 23.3 Å². The molecule has 4 rings (SSSR count). The molecule has 5 nitrogen and oxygen atoms in total. The van der Waals surface area contributed by atoms with Crippen LogP contribution in [0, 0.1) is 11.7 Å². The first-order valence-corrected chi connectivity index (χ1v) is 11.9. The Bertz CT molecular complexity index is 1160. The molecule has 0 spiro atoms. The summed E-state index contributed by atoms with van der Waals surface area (Å²) in [6.07, 6.45) is -11.8. The van der Waals surface area contributed by atoms with Gasteiger partial charge in [0.2, 0.25) is 11.8 Å². The third kappa shape index (κ3) is 5.64. The number of hydrogen-bond donors (Lipinski definition) is 1. The second-order valence-electron chi connectivity index (χ2n) is 9.60. The van der Waals surface area contributed by atoms with Gasteiger partial charge in [-0.3, -0.25) is 9.59 Å². The number of alkyl halides is 6. The highest BCUT2D eigenvalue weighted by Crippen LogP contribution is 2.44. The van der Waals surface area contributed by atoms with Crippen molar-refractivity contribution in [1.82, 2.24) is 10.2 Å². The Labute approximate surface area is 213 Å². The first-order chi connectivity index (χ1) is 17.7. The summed E-state index contributed by atoms with van der Waals surface area (Å²) in [6.45, 7) is 1.35. The number of nitrogens with zero attached hydrogens (tertiary/aromatic N) is 1. The first-order valence-electron chi connectivity index (χ1n) is 11.9. The van der Waals surface area contributed by atoms with Crippen molar-refractivity contribution in [2.45, 2.75) is 56.3 Å². The number of carbonyl (C=O) groups is 2. The SMILES string of the molecule is CNC(=O)C1CC(=O)N2C[C@H](O[C@H](C)c3cc(C(F)(F)F)cc(C(F)(F)F)c3)[C@@H](c3ccc(F)cc3)C2C1. The van der Waals surface area contributed by atoms with E-state index in [2.05, 4.69) is 5.32 Å². The molecule has 2 aliphatic rings. The van der Waals surface area contributed by atoms with Crippen LogP contribution in [0.2, 0.25) is 0 Å². The van der Waals surface area contributed by atoms with Gasteiger partial charge >= 0.3 is 12.4 Å². The van der Waals surface area contributed by atoms with Crippen molar-refractivity contribution in [3.05, 3.63) is 70.5 Å². The van der Waals surface area contributed by atoms with Crippen molar-refractivity contribution in [1.29, 1.82) is 0 Å². The number of ether oxygens (including phenoxy) is 1. The molecule has 206 valence electrons. The first kappa shape index (κ1) is 27.9. The second kappa shape index (κ2) is 10.2. The number of benzene rings is 2. The monoisotopic (exact) mass is 546 g/mol. The van der Waals surface area contributed by atoms with Gasteiger partial charge in [0.1, 0.15) is 5.82 Å². The molecule has 2 fully saturated rings. The van der Waals surface area contributed by atoms with Crippen molar-refractivity contribution < 1.29 is 45.1 Å². The van der Waals surface area contributed by atoms with E-state index in [1.165, 1.54) is 43.1 Å². The lowest BCUT2D eigenvalue weighted by molar-refractivity contribution is -0.143. The molecule has 0 aliphatic carbocycles. The number of rotatable bonds is 5. The molecule has 2 aromatic carbocycles. The van der Waals surface area contributed by atoms with Crippen LogP contribution < -0.4 is 5.32 Å².